The Morgan fingerprint density at radius 1 is 1.12 bits per heavy atom. The van der Waals surface area contributed by atoms with E-state index in [0.29, 0.717) is 29.8 Å². The van der Waals surface area contributed by atoms with Crippen LogP contribution in [0.3, 0.4) is 0 Å². The molecule has 0 saturated carbocycles. The summed E-state index contributed by atoms with van der Waals surface area (Å²) in [5, 5.41) is 12.3. The predicted octanol–water partition coefficient (Wildman–Crippen LogP) is 5.49. The highest BCUT2D eigenvalue weighted by Crippen LogP contribution is 2.30. The van der Waals surface area contributed by atoms with Gasteiger partial charge in [-0.1, -0.05) is 29.8 Å². The van der Waals surface area contributed by atoms with Crippen LogP contribution in [-0.4, -0.2) is 28.6 Å². The van der Waals surface area contributed by atoms with E-state index in [2.05, 4.69) is 10.3 Å². The number of amides is 1. The van der Waals surface area contributed by atoms with Crippen LogP contribution in [0.25, 0.3) is 11.1 Å². The number of carbonyl (C=O) groups excluding carboxylic acids is 1. The molecule has 2 N–H and O–H groups in total. The number of aliphatic carboxylic acids is 1. The molecule has 0 fully saturated rings. The number of carboxylic acid groups (broad SMARTS) is 1. The van der Waals surface area contributed by atoms with Gasteiger partial charge < -0.3 is 19.9 Å². The van der Waals surface area contributed by atoms with Crippen LogP contribution in [0.2, 0.25) is 5.02 Å². The molecule has 1 atom stereocenters. The molecule has 33 heavy (non-hydrogen) atoms. The summed E-state index contributed by atoms with van der Waals surface area (Å²) in [6.45, 7) is 4.02. The molecule has 2 aromatic carbocycles. The summed E-state index contributed by atoms with van der Waals surface area (Å²) in [6, 6.07) is 16.4. The molecule has 172 valence electrons. The van der Waals surface area contributed by atoms with Crippen LogP contribution in [0.5, 0.6) is 5.75 Å². The van der Waals surface area contributed by atoms with Crippen LogP contribution >= 0.6 is 11.6 Å². The Bertz CT molecular complexity index is 1100. The Morgan fingerprint density at radius 3 is 2.48 bits per heavy atom. The fourth-order valence-electron chi connectivity index (χ4n) is 3.27. The summed E-state index contributed by atoms with van der Waals surface area (Å²) in [5.41, 5.74) is 3.34. The van der Waals surface area contributed by atoms with Crippen molar-refractivity contribution in [3.05, 3.63) is 76.9 Å². The van der Waals surface area contributed by atoms with Crippen molar-refractivity contribution in [3.63, 3.8) is 0 Å². The van der Waals surface area contributed by atoms with E-state index in [0.717, 1.165) is 22.3 Å². The van der Waals surface area contributed by atoms with Crippen LogP contribution in [0.4, 0.5) is 5.82 Å². The molecule has 3 rings (SSSR count). The van der Waals surface area contributed by atoms with Crippen molar-refractivity contribution >= 4 is 29.3 Å². The third-order valence-corrected chi connectivity index (χ3v) is 5.12. The molecule has 0 aliphatic rings. The Labute approximate surface area is 197 Å². The van der Waals surface area contributed by atoms with E-state index >= 15 is 0 Å². The van der Waals surface area contributed by atoms with Gasteiger partial charge in [-0.05, 0) is 54.4 Å². The van der Waals surface area contributed by atoms with Gasteiger partial charge in [0.05, 0.1) is 12.5 Å². The zero-order chi connectivity index (χ0) is 23.8. The molecule has 0 aliphatic carbocycles. The normalized spacial score (nSPS) is 11.6. The highest BCUT2D eigenvalue weighted by molar-refractivity contribution is 6.33. The van der Waals surface area contributed by atoms with E-state index in [1.165, 1.54) is 6.92 Å². The van der Waals surface area contributed by atoms with Gasteiger partial charge >= 0.3 is 5.97 Å². The molecule has 1 aromatic heterocycles. The number of carbonyl (C=O) groups is 2. The molecule has 0 spiro atoms. The van der Waals surface area contributed by atoms with Gasteiger partial charge in [-0.2, -0.15) is 0 Å². The van der Waals surface area contributed by atoms with Gasteiger partial charge in [0.25, 0.3) is 0 Å². The van der Waals surface area contributed by atoms with E-state index in [1.807, 2.05) is 37.3 Å². The van der Waals surface area contributed by atoms with Gasteiger partial charge in [0.1, 0.15) is 18.2 Å². The van der Waals surface area contributed by atoms with E-state index in [-0.39, 0.29) is 12.3 Å². The van der Waals surface area contributed by atoms with E-state index in [9.17, 15) is 9.59 Å². The largest absolute Gasteiger partial charge is 0.489 e. The SMILES string of the molecule is CCO[C@@H](CC(=O)O)c1ccc(OCc2ccc(Cl)c(-c3ccc(NC(C)=O)nc3)c2)cc1. The molecule has 0 bridgehead atoms. The number of nitrogens with one attached hydrogen (secondary N) is 1. The van der Waals surface area contributed by atoms with Crippen molar-refractivity contribution in [3.8, 4) is 16.9 Å². The van der Waals surface area contributed by atoms with Crippen LogP contribution in [-0.2, 0) is 20.9 Å². The number of anilines is 1. The molecular weight excluding hydrogens is 444 g/mol. The van der Waals surface area contributed by atoms with E-state index in [4.69, 9.17) is 26.2 Å². The molecule has 1 amide bonds. The van der Waals surface area contributed by atoms with Gasteiger partial charge in [0.15, 0.2) is 0 Å². The monoisotopic (exact) mass is 468 g/mol. The van der Waals surface area contributed by atoms with Crippen molar-refractivity contribution in [2.24, 2.45) is 0 Å². The molecule has 7 nitrogen and oxygen atoms in total. The minimum atomic E-state index is -0.910. The van der Waals surface area contributed by atoms with E-state index < -0.39 is 12.1 Å². The molecule has 0 aliphatic heterocycles. The van der Waals surface area contributed by atoms with Crippen LogP contribution < -0.4 is 10.1 Å². The van der Waals surface area contributed by atoms with Crippen molar-refractivity contribution in [2.75, 3.05) is 11.9 Å². The van der Waals surface area contributed by atoms with Crippen LogP contribution in [0.1, 0.15) is 37.5 Å². The lowest BCUT2D eigenvalue weighted by atomic mass is 10.0. The first-order valence-electron chi connectivity index (χ1n) is 10.4. The summed E-state index contributed by atoms with van der Waals surface area (Å²) in [6.07, 6.45) is 1.07. The van der Waals surface area contributed by atoms with Crippen molar-refractivity contribution in [1.82, 2.24) is 4.98 Å². The molecule has 0 unspecified atom stereocenters. The number of hydrogen-bond acceptors (Lipinski definition) is 5. The summed E-state index contributed by atoms with van der Waals surface area (Å²) in [4.78, 5) is 26.5. The van der Waals surface area contributed by atoms with Crippen molar-refractivity contribution in [2.45, 2.75) is 33.0 Å². The first kappa shape index (κ1) is 24.2. The number of benzene rings is 2. The molecule has 1 heterocycles. The smallest absolute Gasteiger partial charge is 0.306 e. The third kappa shape index (κ3) is 7.03. The van der Waals surface area contributed by atoms with Gasteiger partial charge in [-0.15, -0.1) is 0 Å². The summed E-state index contributed by atoms with van der Waals surface area (Å²) in [5.74, 6) is 0.0328. The highest BCUT2D eigenvalue weighted by atomic mass is 35.5. The Balaban J connectivity index is 1.68. The third-order valence-electron chi connectivity index (χ3n) is 4.79. The van der Waals surface area contributed by atoms with Gasteiger partial charge in [0, 0.05) is 35.9 Å². The highest BCUT2D eigenvalue weighted by Gasteiger charge is 2.15. The number of nitrogens with zero attached hydrogens (tertiary/aromatic N) is 1. The first-order valence-corrected chi connectivity index (χ1v) is 10.8. The molecule has 3 aromatic rings. The average molecular weight is 469 g/mol. The zero-order valence-corrected chi connectivity index (χ0v) is 19.1. The fourth-order valence-corrected chi connectivity index (χ4v) is 3.50. The van der Waals surface area contributed by atoms with Crippen LogP contribution in [0, 0.1) is 0 Å². The second kappa shape index (κ2) is 11.4. The van der Waals surface area contributed by atoms with Crippen LogP contribution in [0.15, 0.2) is 60.8 Å². The second-order valence-electron chi connectivity index (χ2n) is 7.33. The van der Waals surface area contributed by atoms with Gasteiger partial charge in [-0.25, -0.2) is 4.98 Å². The van der Waals surface area contributed by atoms with Crippen molar-refractivity contribution < 1.29 is 24.2 Å². The van der Waals surface area contributed by atoms with Gasteiger partial charge in [0.2, 0.25) is 5.91 Å². The second-order valence-corrected chi connectivity index (χ2v) is 7.73. The molecular formula is C25H25ClN2O5. The lowest BCUT2D eigenvalue weighted by molar-refractivity contribution is -0.140. The Hall–Kier alpha value is -3.42. The number of halogens is 1. The summed E-state index contributed by atoms with van der Waals surface area (Å²) >= 11 is 6.39. The van der Waals surface area contributed by atoms with Crippen molar-refractivity contribution in [1.29, 1.82) is 0 Å². The maximum Gasteiger partial charge on any atom is 0.306 e. The number of carboxylic acids is 1. The molecule has 8 heteroatoms. The number of aromatic nitrogens is 1. The average Bonchev–Trinajstić information content (AvgIpc) is 2.78. The first-order chi connectivity index (χ1) is 15.9. The topological polar surface area (TPSA) is 97.8 Å². The number of ether oxygens (including phenoxy) is 2. The number of pyridine rings is 1. The standard InChI is InChI=1S/C25H25ClN2O5/c1-3-32-23(13-25(30)31)18-5-8-20(9-6-18)33-15-17-4-10-22(26)21(12-17)19-7-11-24(27-14-19)28-16(2)29/h4-12,14,23H,3,13,15H2,1-2H3,(H,30,31)(H,27,28,29)/t23-/m0/s1. The van der Waals surface area contributed by atoms with E-state index in [1.54, 1.807) is 30.5 Å². The van der Waals surface area contributed by atoms with Gasteiger partial charge in [-0.3, -0.25) is 9.59 Å². The Morgan fingerprint density at radius 2 is 1.88 bits per heavy atom. The predicted molar refractivity (Wildman–Crippen MR) is 126 cm³/mol. The lowest BCUT2D eigenvalue weighted by Crippen LogP contribution is -2.10. The maximum absolute atomic E-state index is 11.2. The summed E-state index contributed by atoms with van der Waals surface area (Å²) in [7, 11) is 0. The quantitative estimate of drug-likeness (QED) is 0.408. The number of hydrogen-bond donors (Lipinski definition) is 2. The molecule has 0 saturated heterocycles. The maximum atomic E-state index is 11.2. The molecule has 0 radical (unpaired) electrons. The zero-order valence-electron chi connectivity index (χ0n) is 18.4. The number of rotatable bonds is 10. The summed E-state index contributed by atoms with van der Waals surface area (Å²) < 4.78 is 11.4. The minimum absolute atomic E-state index is 0.0950. The fraction of sp³-hybridized carbons (Fsp3) is 0.240. The Kier molecular flexibility index (Phi) is 8.40. The minimum Gasteiger partial charge on any atom is -0.489 e. The lowest BCUT2D eigenvalue weighted by Gasteiger charge is -2.16.